The lowest BCUT2D eigenvalue weighted by Crippen LogP contribution is -2.25. The highest BCUT2D eigenvalue weighted by molar-refractivity contribution is 7.88. The van der Waals surface area contributed by atoms with E-state index in [1.165, 1.54) is 18.4 Å². The van der Waals surface area contributed by atoms with Gasteiger partial charge in [-0.1, -0.05) is 11.2 Å². The molecule has 1 aromatic heterocycles. The molecule has 0 aliphatic rings. The summed E-state index contributed by atoms with van der Waals surface area (Å²) < 4.78 is 56.8. The van der Waals surface area contributed by atoms with Crippen LogP contribution in [0.15, 0.2) is 35.1 Å². The first-order valence-electron chi connectivity index (χ1n) is 5.27. The van der Waals surface area contributed by atoms with E-state index in [-0.39, 0.29) is 6.54 Å². The molecule has 0 radical (unpaired) electrons. The molecule has 19 heavy (non-hydrogen) atoms. The first-order chi connectivity index (χ1) is 8.98. The third kappa shape index (κ3) is 3.58. The van der Waals surface area contributed by atoms with Gasteiger partial charge in [-0.05, 0) is 12.1 Å². The maximum atomic E-state index is 13.3. The fraction of sp³-hybridized carbons (Fsp3) is 0.182. The highest BCUT2D eigenvalue weighted by atomic mass is 32.2. The summed E-state index contributed by atoms with van der Waals surface area (Å²) in [6, 6.07) is 4.66. The van der Waals surface area contributed by atoms with Crippen LogP contribution >= 0.6 is 0 Å². The molecule has 0 saturated carbocycles. The van der Waals surface area contributed by atoms with Gasteiger partial charge in [0.05, 0.1) is 18.0 Å². The van der Waals surface area contributed by atoms with Crippen molar-refractivity contribution < 1.29 is 21.7 Å². The van der Waals surface area contributed by atoms with Crippen molar-refractivity contribution in [2.24, 2.45) is 0 Å². The molecule has 0 saturated heterocycles. The molecule has 0 amide bonds. The summed E-state index contributed by atoms with van der Waals surface area (Å²) in [5.41, 5.74) is -0.118. The molecule has 0 unspecified atom stereocenters. The Morgan fingerprint density at radius 2 is 1.89 bits per heavy atom. The van der Waals surface area contributed by atoms with Crippen molar-refractivity contribution in [1.29, 1.82) is 0 Å². The minimum Gasteiger partial charge on any atom is -0.364 e. The number of hydrogen-bond donors (Lipinski definition) is 1. The number of aromatic nitrogens is 1. The largest absolute Gasteiger partial charge is 0.364 e. The predicted molar refractivity (Wildman–Crippen MR) is 62.3 cm³/mol. The van der Waals surface area contributed by atoms with E-state index in [4.69, 9.17) is 0 Å². The van der Waals surface area contributed by atoms with Gasteiger partial charge in [0.25, 0.3) is 0 Å². The van der Waals surface area contributed by atoms with Crippen molar-refractivity contribution in [3.05, 3.63) is 53.4 Å². The summed E-state index contributed by atoms with van der Waals surface area (Å²) in [7, 11) is -3.87. The van der Waals surface area contributed by atoms with Gasteiger partial charge in [-0.3, -0.25) is 0 Å². The van der Waals surface area contributed by atoms with Crippen molar-refractivity contribution in [3.8, 4) is 0 Å². The molecule has 0 aliphatic heterocycles. The number of nitrogens with zero attached hydrogens (tertiary/aromatic N) is 1. The summed E-state index contributed by atoms with van der Waals surface area (Å²) >= 11 is 0. The number of rotatable bonds is 5. The number of nitrogens with one attached hydrogen (secondary N) is 1. The van der Waals surface area contributed by atoms with Gasteiger partial charge in [-0.15, -0.1) is 0 Å². The van der Waals surface area contributed by atoms with Crippen LogP contribution in [-0.2, 0) is 22.3 Å². The minimum atomic E-state index is -3.87. The Bertz CT molecular complexity index is 636. The summed E-state index contributed by atoms with van der Waals surface area (Å²) in [4.78, 5) is 0. The Morgan fingerprint density at radius 3 is 2.47 bits per heavy atom. The van der Waals surface area contributed by atoms with E-state index in [9.17, 15) is 17.2 Å². The molecule has 0 atom stereocenters. The lowest BCUT2D eigenvalue weighted by Gasteiger charge is -2.07. The third-order valence-corrected chi connectivity index (χ3v) is 3.61. The molecule has 1 N–H and O–H groups in total. The van der Waals surface area contributed by atoms with E-state index < -0.39 is 33.0 Å². The van der Waals surface area contributed by atoms with E-state index >= 15 is 0 Å². The zero-order valence-electron chi connectivity index (χ0n) is 9.64. The molecule has 1 heterocycles. The molecular weight excluding hydrogens is 278 g/mol. The van der Waals surface area contributed by atoms with Crippen LogP contribution in [0.3, 0.4) is 0 Å². The summed E-state index contributed by atoms with van der Waals surface area (Å²) in [6.45, 7) is -0.102. The van der Waals surface area contributed by atoms with Gasteiger partial charge >= 0.3 is 0 Å². The Kier molecular flexibility index (Phi) is 3.91. The number of hydrogen-bond acceptors (Lipinski definition) is 4. The molecule has 102 valence electrons. The molecule has 5 nitrogen and oxygen atoms in total. The van der Waals surface area contributed by atoms with Crippen LogP contribution in [0.25, 0.3) is 0 Å². The standard InChI is InChI=1S/C11H10F2N2O3S/c12-10-2-1-3-11(13)9(10)7-19(16,17)14-6-8-4-5-18-15-8/h1-5,14H,6-7H2. The Hall–Kier alpha value is -1.80. The van der Waals surface area contributed by atoms with Crippen molar-refractivity contribution in [2.45, 2.75) is 12.3 Å². The lowest BCUT2D eigenvalue weighted by molar-refractivity contribution is 0.411. The summed E-state index contributed by atoms with van der Waals surface area (Å²) in [5.74, 6) is -2.57. The smallest absolute Gasteiger partial charge is 0.216 e. The van der Waals surface area contributed by atoms with E-state index in [0.29, 0.717) is 5.69 Å². The second kappa shape index (κ2) is 5.45. The zero-order chi connectivity index (χ0) is 13.9. The van der Waals surface area contributed by atoms with E-state index in [1.807, 2.05) is 0 Å². The van der Waals surface area contributed by atoms with Gasteiger partial charge < -0.3 is 4.52 Å². The van der Waals surface area contributed by atoms with Gasteiger partial charge in [0.15, 0.2) is 0 Å². The second-order valence-corrected chi connectivity index (χ2v) is 5.58. The predicted octanol–water partition coefficient (Wildman–Crippen LogP) is 1.57. The van der Waals surface area contributed by atoms with Gasteiger partial charge in [0.2, 0.25) is 10.0 Å². The average molecular weight is 288 g/mol. The Labute approximate surface area is 108 Å². The van der Waals surface area contributed by atoms with Gasteiger partial charge in [-0.2, -0.15) is 0 Å². The monoisotopic (exact) mass is 288 g/mol. The number of halogens is 2. The van der Waals surface area contributed by atoms with Crippen molar-refractivity contribution >= 4 is 10.0 Å². The quantitative estimate of drug-likeness (QED) is 0.906. The molecule has 2 aromatic rings. The lowest BCUT2D eigenvalue weighted by atomic mass is 10.2. The normalized spacial score (nSPS) is 11.7. The Balaban J connectivity index is 2.09. The van der Waals surface area contributed by atoms with Crippen LogP contribution in [0.5, 0.6) is 0 Å². The average Bonchev–Trinajstić information content (AvgIpc) is 2.85. The van der Waals surface area contributed by atoms with Crippen LogP contribution in [-0.4, -0.2) is 13.6 Å². The fourth-order valence-corrected chi connectivity index (χ4v) is 2.55. The van der Waals surface area contributed by atoms with Crippen molar-refractivity contribution in [2.75, 3.05) is 0 Å². The SMILES string of the molecule is O=S(=O)(Cc1c(F)cccc1F)NCc1ccon1. The molecule has 0 spiro atoms. The third-order valence-electron chi connectivity index (χ3n) is 2.36. The molecule has 8 heteroatoms. The molecule has 0 fully saturated rings. The van der Waals surface area contributed by atoms with Crippen molar-refractivity contribution in [3.63, 3.8) is 0 Å². The highest BCUT2D eigenvalue weighted by Gasteiger charge is 2.18. The van der Waals surface area contributed by atoms with Crippen molar-refractivity contribution in [1.82, 2.24) is 9.88 Å². The van der Waals surface area contributed by atoms with Crippen LogP contribution in [0.1, 0.15) is 11.3 Å². The maximum absolute atomic E-state index is 13.3. The molecular formula is C11H10F2N2O3S. The number of benzene rings is 1. The van der Waals surface area contributed by atoms with E-state index in [1.54, 1.807) is 0 Å². The first-order valence-corrected chi connectivity index (χ1v) is 6.92. The summed E-state index contributed by atoms with van der Waals surface area (Å²) in [5, 5.41) is 3.51. The van der Waals surface area contributed by atoms with Gasteiger partial charge in [-0.25, -0.2) is 21.9 Å². The molecule has 0 bridgehead atoms. The van der Waals surface area contributed by atoms with Crippen LogP contribution in [0, 0.1) is 11.6 Å². The topological polar surface area (TPSA) is 72.2 Å². The molecule has 0 aliphatic carbocycles. The fourth-order valence-electron chi connectivity index (χ4n) is 1.42. The summed E-state index contributed by atoms with van der Waals surface area (Å²) in [6.07, 6.45) is 1.29. The minimum absolute atomic E-state index is 0.102. The maximum Gasteiger partial charge on any atom is 0.216 e. The van der Waals surface area contributed by atoms with Crippen LogP contribution in [0.4, 0.5) is 8.78 Å². The van der Waals surface area contributed by atoms with Gasteiger partial charge in [0, 0.05) is 11.6 Å². The van der Waals surface area contributed by atoms with E-state index in [0.717, 1.165) is 12.1 Å². The highest BCUT2D eigenvalue weighted by Crippen LogP contribution is 2.15. The van der Waals surface area contributed by atoms with Gasteiger partial charge in [0.1, 0.15) is 17.9 Å². The van der Waals surface area contributed by atoms with E-state index in [2.05, 4.69) is 14.4 Å². The van der Waals surface area contributed by atoms with Crippen LogP contribution in [0.2, 0.25) is 0 Å². The molecule has 2 rings (SSSR count). The zero-order valence-corrected chi connectivity index (χ0v) is 10.5. The molecule has 1 aromatic carbocycles. The van der Waals surface area contributed by atoms with Crippen LogP contribution < -0.4 is 4.72 Å². The first kappa shape index (κ1) is 13.6. The second-order valence-electron chi connectivity index (χ2n) is 3.77. The number of sulfonamides is 1. The Morgan fingerprint density at radius 1 is 1.21 bits per heavy atom.